The maximum Gasteiger partial charge on any atom is 0.122 e. The summed E-state index contributed by atoms with van der Waals surface area (Å²) in [6, 6.07) is 14.2. The number of benzene rings is 2. The van der Waals surface area contributed by atoms with Crippen LogP contribution in [-0.2, 0) is 6.61 Å². The van der Waals surface area contributed by atoms with Crippen molar-refractivity contribution in [3.8, 4) is 5.75 Å². The molecule has 2 aromatic carbocycles. The Morgan fingerprint density at radius 3 is 2.38 bits per heavy atom. The molecule has 0 saturated carbocycles. The summed E-state index contributed by atoms with van der Waals surface area (Å²) in [5, 5.41) is 15.4. The molecule has 0 unspecified atom stereocenters. The smallest absolute Gasteiger partial charge is 0.122 e. The number of aryl methyl sites for hydroxylation is 1. The Labute approximate surface area is 194 Å². The zero-order valence-corrected chi connectivity index (χ0v) is 20.4. The molecule has 32 heavy (non-hydrogen) atoms. The maximum atomic E-state index is 9.11. The Balaban J connectivity index is 0.000000482. The predicted octanol–water partition coefficient (Wildman–Crippen LogP) is 7.51. The lowest BCUT2D eigenvalue weighted by Crippen LogP contribution is -2.08. The van der Waals surface area contributed by atoms with Crippen molar-refractivity contribution >= 4 is 11.4 Å². The Morgan fingerprint density at radius 1 is 1.12 bits per heavy atom. The molecule has 0 fully saturated rings. The Bertz CT molecular complexity index is 971. The molecule has 172 valence electrons. The molecule has 2 rings (SSSR count). The van der Waals surface area contributed by atoms with Gasteiger partial charge in [0.1, 0.15) is 18.1 Å². The van der Waals surface area contributed by atoms with Gasteiger partial charge in [-0.2, -0.15) is 0 Å². The van der Waals surface area contributed by atoms with Crippen molar-refractivity contribution in [3.05, 3.63) is 101 Å². The van der Waals surface area contributed by atoms with Crippen molar-refractivity contribution < 1.29 is 9.84 Å². The van der Waals surface area contributed by atoms with E-state index in [1.54, 1.807) is 6.08 Å². The number of nitrogens with one attached hydrogen (secondary N) is 2. The van der Waals surface area contributed by atoms with Gasteiger partial charge in [0, 0.05) is 35.8 Å². The predicted molar refractivity (Wildman–Crippen MR) is 139 cm³/mol. The molecule has 0 aliphatic heterocycles. The van der Waals surface area contributed by atoms with E-state index in [2.05, 4.69) is 42.8 Å². The number of ether oxygens (including phenoxy) is 1. The molecular formula is C28H38N2O2. The summed E-state index contributed by atoms with van der Waals surface area (Å²) in [6.07, 6.45) is 4.58. The van der Waals surface area contributed by atoms with Crippen molar-refractivity contribution in [3.63, 3.8) is 0 Å². The highest BCUT2D eigenvalue weighted by Crippen LogP contribution is 2.25. The van der Waals surface area contributed by atoms with Gasteiger partial charge in [-0.15, -0.1) is 0 Å². The molecule has 3 N–H and O–H groups in total. The molecule has 0 radical (unpaired) electrons. The van der Waals surface area contributed by atoms with Gasteiger partial charge in [-0.1, -0.05) is 50.4 Å². The lowest BCUT2D eigenvalue weighted by molar-refractivity contribution is 0.305. The standard InChI is InChI=1S/C20H24N2O.C8H14O/c1-14(2)22-16(4)18-10-19(21-5)12-20(11-18)23-13-17-9-7-6-8-15(17)3;1-4-6-8(9)7(3)5-2/h6-12,21-22H,1,4,13H2,2-3,5H3;5-6,9H,4H2,1-3H3/b;7-5+,8-6+. The molecule has 0 heterocycles. The van der Waals surface area contributed by atoms with E-state index in [1.165, 1.54) is 11.1 Å². The van der Waals surface area contributed by atoms with E-state index < -0.39 is 0 Å². The van der Waals surface area contributed by atoms with E-state index in [4.69, 9.17) is 9.84 Å². The van der Waals surface area contributed by atoms with E-state index in [0.29, 0.717) is 12.4 Å². The van der Waals surface area contributed by atoms with Gasteiger partial charge >= 0.3 is 0 Å². The third kappa shape index (κ3) is 9.17. The average Bonchev–Trinajstić information content (AvgIpc) is 2.77. The molecule has 4 nitrogen and oxygen atoms in total. The second-order valence-corrected chi connectivity index (χ2v) is 7.56. The third-order valence-corrected chi connectivity index (χ3v) is 4.80. The van der Waals surface area contributed by atoms with Crippen molar-refractivity contribution in [2.45, 2.75) is 47.6 Å². The quantitative estimate of drug-likeness (QED) is 0.282. The summed E-state index contributed by atoms with van der Waals surface area (Å²) < 4.78 is 5.98. The van der Waals surface area contributed by atoms with Gasteiger partial charge in [0.05, 0.1) is 0 Å². The van der Waals surface area contributed by atoms with Crippen molar-refractivity contribution in [1.82, 2.24) is 5.32 Å². The average molecular weight is 435 g/mol. The number of allylic oxidation sites excluding steroid dienone is 4. The third-order valence-electron chi connectivity index (χ3n) is 4.80. The first-order valence-electron chi connectivity index (χ1n) is 10.9. The topological polar surface area (TPSA) is 53.5 Å². The van der Waals surface area contributed by atoms with Gasteiger partial charge in [-0.3, -0.25) is 0 Å². The molecule has 0 spiro atoms. The number of aliphatic hydroxyl groups excluding tert-OH is 1. The number of hydrogen-bond acceptors (Lipinski definition) is 4. The van der Waals surface area contributed by atoms with Crippen LogP contribution >= 0.6 is 0 Å². The van der Waals surface area contributed by atoms with Gasteiger partial charge in [-0.05, 0) is 69.0 Å². The van der Waals surface area contributed by atoms with Crippen LogP contribution in [0.1, 0.15) is 50.8 Å². The van der Waals surface area contributed by atoms with Crippen LogP contribution in [0, 0.1) is 6.92 Å². The summed E-state index contributed by atoms with van der Waals surface area (Å²) in [4.78, 5) is 0. The van der Waals surface area contributed by atoms with Crippen LogP contribution in [0.25, 0.3) is 5.70 Å². The molecule has 0 saturated heterocycles. The van der Waals surface area contributed by atoms with Gasteiger partial charge in [0.25, 0.3) is 0 Å². The van der Waals surface area contributed by atoms with Crippen LogP contribution in [0.2, 0.25) is 0 Å². The fourth-order valence-electron chi connectivity index (χ4n) is 2.77. The van der Waals surface area contributed by atoms with Crippen LogP contribution in [0.3, 0.4) is 0 Å². The normalized spacial score (nSPS) is 11.2. The van der Waals surface area contributed by atoms with E-state index >= 15 is 0 Å². The molecular weight excluding hydrogens is 396 g/mol. The largest absolute Gasteiger partial charge is 0.508 e. The summed E-state index contributed by atoms with van der Waals surface area (Å²) in [6.45, 7) is 18.2. The summed E-state index contributed by atoms with van der Waals surface area (Å²) >= 11 is 0. The highest BCUT2D eigenvalue weighted by molar-refractivity contribution is 5.68. The van der Waals surface area contributed by atoms with Crippen LogP contribution in [-0.4, -0.2) is 12.2 Å². The van der Waals surface area contributed by atoms with Crippen LogP contribution in [0.15, 0.2) is 84.8 Å². The second-order valence-electron chi connectivity index (χ2n) is 7.56. The van der Waals surface area contributed by atoms with Crippen LogP contribution in [0.5, 0.6) is 5.75 Å². The number of aliphatic hydroxyl groups is 1. The van der Waals surface area contributed by atoms with Gasteiger partial charge < -0.3 is 20.5 Å². The lowest BCUT2D eigenvalue weighted by Gasteiger charge is -2.14. The van der Waals surface area contributed by atoms with Crippen molar-refractivity contribution in [2.75, 3.05) is 12.4 Å². The Kier molecular flexibility index (Phi) is 11.5. The minimum Gasteiger partial charge on any atom is -0.508 e. The van der Waals surface area contributed by atoms with E-state index in [-0.39, 0.29) is 0 Å². The van der Waals surface area contributed by atoms with Gasteiger partial charge in [-0.25, -0.2) is 0 Å². The van der Waals surface area contributed by atoms with Crippen LogP contribution in [0.4, 0.5) is 5.69 Å². The summed E-state index contributed by atoms with van der Waals surface area (Å²) in [7, 11) is 1.89. The highest BCUT2D eigenvalue weighted by atomic mass is 16.5. The Hall–Kier alpha value is -3.40. The molecule has 0 aliphatic carbocycles. The second kappa shape index (κ2) is 13.8. The van der Waals surface area contributed by atoms with Gasteiger partial charge in [0.2, 0.25) is 0 Å². The van der Waals surface area contributed by atoms with Crippen molar-refractivity contribution in [2.24, 2.45) is 0 Å². The number of anilines is 1. The minimum absolute atomic E-state index is 0.403. The molecule has 0 aromatic heterocycles. The minimum atomic E-state index is 0.403. The Morgan fingerprint density at radius 2 is 1.81 bits per heavy atom. The van der Waals surface area contributed by atoms with Crippen LogP contribution < -0.4 is 15.4 Å². The summed E-state index contributed by atoms with van der Waals surface area (Å²) in [5.74, 6) is 1.21. The first kappa shape index (κ1) is 26.6. The zero-order valence-electron chi connectivity index (χ0n) is 20.4. The molecule has 4 heteroatoms. The molecule has 2 aromatic rings. The molecule has 0 atom stereocenters. The van der Waals surface area contributed by atoms with Crippen molar-refractivity contribution in [1.29, 1.82) is 0 Å². The molecule has 0 bridgehead atoms. The highest BCUT2D eigenvalue weighted by Gasteiger charge is 2.06. The van der Waals surface area contributed by atoms with E-state index in [9.17, 15) is 0 Å². The number of rotatable bonds is 9. The van der Waals surface area contributed by atoms with E-state index in [1.807, 2.05) is 71.2 Å². The summed E-state index contributed by atoms with van der Waals surface area (Å²) in [5.41, 5.74) is 6.96. The SMILES string of the molecule is C/C=C(C)/C(O)=C\CC.C=C(C)NC(=C)c1cc(NC)cc(OCc2ccccc2C)c1. The first-order chi connectivity index (χ1) is 15.2. The lowest BCUT2D eigenvalue weighted by atomic mass is 10.1. The molecule has 0 aliphatic rings. The maximum absolute atomic E-state index is 9.11. The fourth-order valence-corrected chi connectivity index (χ4v) is 2.77. The first-order valence-corrected chi connectivity index (χ1v) is 10.9. The fraction of sp³-hybridized carbons (Fsp3) is 0.286. The monoisotopic (exact) mass is 434 g/mol. The van der Waals surface area contributed by atoms with E-state index in [0.717, 1.165) is 40.4 Å². The molecule has 0 amide bonds. The number of hydrogen-bond donors (Lipinski definition) is 3. The zero-order chi connectivity index (χ0) is 24.1. The van der Waals surface area contributed by atoms with Gasteiger partial charge in [0.15, 0.2) is 0 Å².